The maximum atomic E-state index is 2.54. The molecule has 0 radical (unpaired) electrons. The van der Waals surface area contributed by atoms with Crippen LogP contribution in [0.2, 0.25) is 0 Å². The molecule has 10 rings (SSSR count). The summed E-state index contributed by atoms with van der Waals surface area (Å²) in [5.74, 6) is 1.15. The van der Waals surface area contributed by atoms with Crippen LogP contribution in [0, 0.1) is 11.8 Å². The second-order valence-electron chi connectivity index (χ2n) is 13.5. The third-order valence-electron chi connectivity index (χ3n) is 10.6. The van der Waals surface area contributed by atoms with Gasteiger partial charge in [-0.15, -0.1) is 11.3 Å². The van der Waals surface area contributed by atoms with Crippen LogP contribution in [0.5, 0.6) is 0 Å². The van der Waals surface area contributed by atoms with Crippen molar-refractivity contribution in [3.63, 3.8) is 0 Å². The molecule has 1 aliphatic carbocycles. The molecule has 47 heavy (non-hydrogen) atoms. The molecular formula is C44H34N2S. The first-order chi connectivity index (χ1) is 23.1. The lowest BCUT2D eigenvalue weighted by atomic mass is 9.87. The minimum Gasteiger partial charge on any atom is -0.313 e. The van der Waals surface area contributed by atoms with Crippen molar-refractivity contribution in [1.29, 1.82) is 0 Å². The van der Waals surface area contributed by atoms with E-state index in [0.717, 1.165) is 0 Å². The average molecular weight is 623 g/mol. The number of fused-ring (bicyclic) bond motifs is 9. The van der Waals surface area contributed by atoms with Gasteiger partial charge in [-0.2, -0.15) is 0 Å². The van der Waals surface area contributed by atoms with Crippen LogP contribution in [0.4, 0.5) is 0 Å². The quantitative estimate of drug-likeness (QED) is 0.186. The number of thiophene rings is 1. The van der Waals surface area contributed by atoms with Gasteiger partial charge in [-0.3, -0.25) is 0 Å². The SMILES string of the molecule is CC1C=C(n2c3ccccc3c3cc(-c4ccc5c(c4)c4ccccc4n5-c4cccc5c4sc4ccccc45)ccc32)C(C)CC1. The highest BCUT2D eigenvalue weighted by Crippen LogP contribution is 2.43. The lowest BCUT2D eigenvalue weighted by Crippen LogP contribution is -2.13. The highest BCUT2D eigenvalue weighted by atomic mass is 32.1. The molecule has 0 aliphatic heterocycles. The number of nitrogens with zero attached hydrogens (tertiary/aromatic N) is 2. The summed E-state index contributed by atoms with van der Waals surface area (Å²) in [5.41, 5.74) is 10.3. The summed E-state index contributed by atoms with van der Waals surface area (Å²) in [5, 5.41) is 7.87. The predicted octanol–water partition coefficient (Wildman–Crippen LogP) is 12.8. The molecule has 1 aliphatic rings. The first-order valence-electron chi connectivity index (χ1n) is 16.8. The maximum Gasteiger partial charge on any atom is 0.0640 e. The van der Waals surface area contributed by atoms with E-state index in [-0.39, 0.29) is 0 Å². The molecule has 3 heteroatoms. The molecule has 0 bridgehead atoms. The van der Waals surface area contributed by atoms with E-state index in [1.807, 2.05) is 11.3 Å². The van der Waals surface area contributed by atoms with Crippen molar-refractivity contribution in [1.82, 2.24) is 9.13 Å². The summed E-state index contributed by atoms with van der Waals surface area (Å²) in [6, 6.07) is 47.5. The Hall–Kier alpha value is -5.12. The van der Waals surface area contributed by atoms with Crippen molar-refractivity contribution < 1.29 is 0 Å². The predicted molar refractivity (Wildman–Crippen MR) is 204 cm³/mol. The normalized spacial score (nSPS) is 17.1. The molecule has 226 valence electrons. The first kappa shape index (κ1) is 27.0. The summed E-state index contributed by atoms with van der Waals surface area (Å²) in [6.07, 6.45) is 5.02. The Morgan fingerprint density at radius 2 is 1.09 bits per heavy atom. The molecule has 2 nitrogen and oxygen atoms in total. The standard InChI is InChI=1S/C44H34N2S/c1-27-18-19-28(2)42(24-27)46-38-15-7-4-11-32(38)36-26-30(21-23-40(36)46)29-20-22-39-35(25-29)31-10-3-6-14-37(31)45(39)41-16-9-13-34-33-12-5-8-17-43(33)47-44(34)41/h3-17,20-28H,18-19H2,1-2H3. The topological polar surface area (TPSA) is 9.86 Å². The molecule has 0 saturated heterocycles. The van der Waals surface area contributed by atoms with Gasteiger partial charge in [0.25, 0.3) is 0 Å². The van der Waals surface area contributed by atoms with Crippen LogP contribution in [0.25, 0.3) is 86.3 Å². The van der Waals surface area contributed by atoms with Crippen molar-refractivity contribution in [3.8, 4) is 16.8 Å². The monoisotopic (exact) mass is 622 g/mol. The molecule has 2 atom stereocenters. The summed E-state index contributed by atoms with van der Waals surface area (Å²) in [6.45, 7) is 4.74. The van der Waals surface area contributed by atoms with E-state index in [0.29, 0.717) is 11.8 Å². The van der Waals surface area contributed by atoms with Gasteiger partial charge in [-0.1, -0.05) is 98.8 Å². The average Bonchev–Trinajstić information content (AvgIpc) is 3.77. The Morgan fingerprint density at radius 3 is 1.81 bits per heavy atom. The van der Waals surface area contributed by atoms with Crippen LogP contribution in [-0.4, -0.2) is 9.13 Å². The Labute approximate surface area is 277 Å². The Morgan fingerprint density at radius 1 is 0.511 bits per heavy atom. The van der Waals surface area contributed by atoms with Crippen LogP contribution < -0.4 is 0 Å². The van der Waals surface area contributed by atoms with E-state index in [2.05, 4.69) is 156 Å². The van der Waals surface area contributed by atoms with Crippen LogP contribution in [-0.2, 0) is 0 Å². The second-order valence-corrected chi connectivity index (χ2v) is 14.5. The molecule has 0 N–H and O–H groups in total. The largest absolute Gasteiger partial charge is 0.313 e. The van der Waals surface area contributed by atoms with Crippen molar-refractivity contribution in [2.75, 3.05) is 0 Å². The third-order valence-corrected chi connectivity index (χ3v) is 11.8. The number of rotatable bonds is 3. The number of allylic oxidation sites excluding steroid dienone is 2. The number of aromatic nitrogens is 2. The zero-order valence-electron chi connectivity index (χ0n) is 26.6. The van der Waals surface area contributed by atoms with Gasteiger partial charge in [0.15, 0.2) is 0 Å². The zero-order valence-corrected chi connectivity index (χ0v) is 27.4. The number of para-hydroxylation sites is 2. The fourth-order valence-corrected chi connectivity index (χ4v) is 9.45. The van der Waals surface area contributed by atoms with Gasteiger partial charge in [-0.25, -0.2) is 0 Å². The zero-order chi connectivity index (χ0) is 31.2. The molecule has 9 aromatic rings. The van der Waals surface area contributed by atoms with Crippen LogP contribution in [0.1, 0.15) is 26.7 Å². The molecule has 3 aromatic heterocycles. The second kappa shape index (κ2) is 10.2. The molecule has 2 unspecified atom stereocenters. The minimum absolute atomic E-state index is 0.544. The molecule has 0 fully saturated rings. The summed E-state index contributed by atoms with van der Waals surface area (Å²) in [4.78, 5) is 0. The van der Waals surface area contributed by atoms with Gasteiger partial charge in [-0.05, 0) is 84.3 Å². The molecule has 0 spiro atoms. The highest BCUT2D eigenvalue weighted by molar-refractivity contribution is 7.26. The Bertz CT molecular complexity index is 2730. The van der Waals surface area contributed by atoms with E-state index < -0.39 is 0 Å². The number of benzene rings is 6. The first-order valence-corrected chi connectivity index (χ1v) is 17.7. The molecule has 0 saturated carbocycles. The number of hydrogen-bond donors (Lipinski definition) is 0. The highest BCUT2D eigenvalue weighted by Gasteiger charge is 2.23. The van der Waals surface area contributed by atoms with Crippen molar-refractivity contribution in [3.05, 3.63) is 133 Å². The summed E-state index contributed by atoms with van der Waals surface area (Å²) < 4.78 is 7.68. The summed E-state index contributed by atoms with van der Waals surface area (Å²) in [7, 11) is 0. The van der Waals surface area contributed by atoms with E-state index in [9.17, 15) is 0 Å². The third kappa shape index (κ3) is 3.96. The van der Waals surface area contributed by atoms with E-state index in [1.54, 1.807) is 0 Å². The molecule has 0 amide bonds. The van der Waals surface area contributed by atoms with Crippen molar-refractivity contribution in [2.45, 2.75) is 26.7 Å². The summed E-state index contributed by atoms with van der Waals surface area (Å²) >= 11 is 1.89. The fraction of sp³-hybridized carbons (Fsp3) is 0.136. The number of hydrogen-bond acceptors (Lipinski definition) is 1. The lowest BCUT2D eigenvalue weighted by Gasteiger charge is -2.26. The molecule has 3 heterocycles. The van der Waals surface area contributed by atoms with Gasteiger partial charge in [0.2, 0.25) is 0 Å². The smallest absolute Gasteiger partial charge is 0.0640 e. The van der Waals surface area contributed by atoms with Gasteiger partial charge < -0.3 is 9.13 Å². The Kier molecular flexibility index (Phi) is 5.86. The molecular weight excluding hydrogens is 589 g/mol. The maximum absolute atomic E-state index is 2.54. The Balaban J connectivity index is 1.18. The van der Waals surface area contributed by atoms with Gasteiger partial charge in [0, 0.05) is 42.7 Å². The van der Waals surface area contributed by atoms with Crippen LogP contribution in [0.3, 0.4) is 0 Å². The van der Waals surface area contributed by atoms with Crippen molar-refractivity contribution in [2.24, 2.45) is 11.8 Å². The van der Waals surface area contributed by atoms with Crippen LogP contribution in [0.15, 0.2) is 133 Å². The fourth-order valence-electron chi connectivity index (χ4n) is 8.25. The van der Waals surface area contributed by atoms with E-state index in [4.69, 9.17) is 0 Å². The molecule has 6 aromatic carbocycles. The minimum atomic E-state index is 0.544. The van der Waals surface area contributed by atoms with Gasteiger partial charge >= 0.3 is 0 Å². The van der Waals surface area contributed by atoms with Crippen LogP contribution >= 0.6 is 11.3 Å². The van der Waals surface area contributed by atoms with Crippen molar-refractivity contribution >= 4 is 80.8 Å². The lowest BCUT2D eigenvalue weighted by molar-refractivity contribution is 0.503. The van der Waals surface area contributed by atoms with E-state index >= 15 is 0 Å². The van der Waals surface area contributed by atoms with Gasteiger partial charge in [0.1, 0.15) is 0 Å². The van der Waals surface area contributed by atoms with Gasteiger partial charge in [0.05, 0.1) is 32.5 Å². The van der Waals surface area contributed by atoms with E-state index in [1.165, 1.54) is 99.1 Å².